The van der Waals surface area contributed by atoms with Gasteiger partial charge in [-0.15, -0.1) is 11.3 Å². The number of nitrogens with one attached hydrogen (secondary N) is 1. The lowest BCUT2D eigenvalue weighted by atomic mass is 9.89. The topological polar surface area (TPSA) is 105 Å². The zero-order valence-electron chi connectivity index (χ0n) is 13.5. The second-order valence-corrected chi connectivity index (χ2v) is 7.55. The fraction of sp³-hybridized carbons (Fsp3) is 0.353. The van der Waals surface area contributed by atoms with Crippen molar-refractivity contribution in [3.05, 3.63) is 54.9 Å². The molecule has 0 spiro atoms. The highest BCUT2D eigenvalue weighted by Gasteiger charge is 2.24. The average molecular weight is 360 g/mol. The lowest BCUT2D eigenvalue weighted by molar-refractivity contribution is 0.0660. The van der Waals surface area contributed by atoms with Gasteiger partial charge in [-0.2, -0.15) is 0 Å². The molecule has 0 saturated carbocycles. The summed E-state index contributed by atoms with van der Waals surface area (Å²) in [7, 11) is 0. The molecule has 3 heterocycles. The smallest absolute Gasteiger partial charge is 0.371 e. The van der Waals surface area contributed by atoms with Gasteiger partial charge >= 0.3 is 11.7 Å². The Morgan fingerprint density at radius 2 is 2.24 bits per heavy atom. The molecule has 2 N–H and O–H groups in total. The molecule has 0 aliphatic heterocycles. The number of carbonyl (C=O) groups is 1. The van der Waals surface area contributed by atoms with Gasteiger partial charge in [0.05, 0.1) is 11.9 Å². The maximum absolute atomic E-state index is 12.9. The molecule has 1 aliphatic rings. The number of aryl methyl sites for hydroxylation is 1. The van der Waals surface area contributed by atoms with Crippen LogP contribution in [0.5, 0.6) is 0 Å². The van der Waals surface area contributed by atoms with Gasteiger partial charge in [-0.1, -0.05) is 6.92 Å². The normalized spacial score (nSPS) is 16.9. The van der Waals surface area contributed by atoms with Gasteiger partial charge < -0.3 is 9.52 Å². The Bertz CT molecular complexity index is 1100. The summed E-state index contributed by atoms with van der Waals surface area (Å²) in [5.41, 5.74) is 0.176. The zero-order chi connectivity index (χ0) is 17.7. The van der Waals surface area contributed by atoms with Crippen molar-refractivity contribution in [3.8, 4) is 0 Å². The molecule has 4 rings (SSSR count). The van der Waals surface area contributed by atoms with E-state index in [2.05, 4.69) is 11.9 Å². The van der Waals surface area contributed by atoms with Crippen LogP contribution in [0.4, 0.5) is 0 Å². The first-order valence-electron chi connectivity index (χ1n) is 8.03. The second-order valence-electron chi connectivity index (χ2n) is 6.45. The van der Waals surface area contributed by atoms with E-state index in [1.807, 2.05) is 0 Å². The Morgan fingerprint density at radius 3 is 2.96 bits per heavy atom. The van der Waals surface area contributed by atoms with E-state index < -0.39 is 11.7 Å². The van der Waals surface area contributed by atoms with Gasteiger partial charge in [0, 0.05) is 4.88 Å². The quantitative estimate of drug-likeness (QED) is 0.745. The van der Waals surface area contributed by atoms with Crippen LogP contribution in [0.25, 0.3) is 10.2 Å². The molecule has 0 fully saturated rings. The minimum atomic E-state index is -1.19. The van der Waals surface area contributed by atoms with E-state index in [-0.39, 0.29) is 23.6 Å². The Hall–Kier alpha value is -2.61. The highest BCUT2D eigenvalue weighted by molar-refractivity contribution is 7.18. The number of hydrogen-bond acceptors (Lipinski definition) is 5. The molecule has 0 radical (unpaired) electrons. The Morgan fingerprint density at radius 1 is 1.44 bits per heavy atom. The molecule has 0 bridgehead atoms. The molecule has 1 atom stereocenters. The molecule has 7 nitrogen and oxygen atoms in total. The third-order valence-corrected chi connectivity index (χ3v) is 5.79. The number of thiophene rings is 1. The number of fused-ring (bicyclic) bond motifs is 3. The zero-order valence-corrected chi connectivity index (χ0v) is 14.3. The molecule has 130 valence electrons. The molecule has 3 aromatic rings. The number of furan rings is 1. The number of carboxylic acids is 1. The maximum atomic E-state index is 12.9. The summed E-state index contributed by atoms with van der Waals surface area (Å²) >= 11 is 1.48. The largest absolute Gasteiger partial charge is 0.475 e. The summed E-state index contributed by atoms with van der Waals surface area (Å²) in [5, 5.41) is 9.49. The van der Waals surface area contributed by atoms with Crippen LogP contribution in [0.2, 0.25) is 0 Å². The van der Waals surface area contributed by atoms with Gasteiger partial charge in [-0.25, -0.2) is 9.59 Å². The SMILES string of the molecule is CC1CCc2c(sc3[nH]c(=O)n(Cc4ccc(C(=O)O)o4)c(=O)c23)C1. The van der Waals surface area contributed by atoms with Crippen molar-refractivity contribution in [2.75, 3.05) is 0 Å². The number of aromatic nitrogens is 2. The highest BCUT2D eigenvalue weighted by Crippen LogP contribution is 2.35. The van der Waals surface area contributed by atoms with Crippen LogP contribution in [0.15, 0.2) is 26.1 Å². The van der Waals surface area contributed by atoms with Crippen LogP contribution < -0.4 is 11.2 Å². The van der Waals surface area contributed by atoms with E-state index in [9.17, 15) is 14.4 Å². The van der Waals surface area contributed by atoms with Crippen molar-refractivity contribution >= 4 is 27.5 Å². The van der Waals surface area contributed by atoms with E-state index >= 15 is 0 Å². The van der Waals surface area contributed by atoms with Crippen LogP contribution in [0, 0.1) is 5.92 Å². The second kappa shape index (κ2) is 5.73. The van der Waals surface area contributed by atoms with Gasteiger partial charge in [0.15, 0.2) is 0 Å². The Labute approximate surface area is 145 Å². The first-order valence-corrected chi connectivity index (χ1v) is 8.85. The van der Waals surface area contributed by atoms with E-state index in [0.717, 1.165) is 29.4 Å². The number of hydrogen-bond donors (Lipinski definition) is 2. The van der Waals surface area contributed by atoms with E-state index in [1.165, 1.54) is 28.3 Å². The van der Waals surface area contributed by atoms with Crippen molar-refractivity contribution < 1.29 is 14.3 Å². The number of H-pyrrole nitrogens is 1. The fourth-order valence-corrected chi connectivity index (χ4v) is 4.73. The lowest BCUT2D eigenvalue weighted by Gasteiger charge is -2.17. The molecular weight excluding hydrogens is 344 g/mol. The minimum absolute atomic E-state index is 0.0988. The van der Waals surface area contributed by atoms with E-state index in [0.29, 0.717) is 16.1 Å². The van der Waals surface area contributed by atoms with Crippen LogP contribution >= 0.6 is 11.3 Å². The Balaban J connectivity index is 1.82. The number of carboxylic acid groups (broad SMARTS) is 1. The van der Waals surface area contributed by atoms with E-state index in [4.69, 9.17) is 9.52 Å². The predicted octanol–water partition coefficient (Wildman–Crippen LogP) is 2.22. The monoisotopic (exact) mass is 360 g/mol. The standard InChI is InChI=1S/C17H16N2O5S/c1-8-2-4-10-12(6-8)25-14-13(10)15(20)19(17(23)18-14)7-9-3-5-11(24-9)16(21)22/h3,5,8H,2,4,6-7H2,1H3,(H,18,23)(H,21,22). The molecule has 0 saturated heterocycles. The number of rotatable bonds is 3. The maximum Gasteiger partial charge on any atom is 0.371 e. The van der Waals surface area contributed by atoms with Crippen molar-refractivity contribution in [2.45, 2.75) is 32.7 Å². The third-order valence-electron chi connectivity index (χ3n) is 4.62. The van der Waals surface area contributed by atoms with Crippen LogP contribution in [0.3, 0.4) is 0 Å². The first kappa shape index (κ1) is 15.9. The van der Waals surface area contributed by atoms with Gasteiger partial charge in [0.1, 0.15) is 10.6 Å². The molecule has 1 aliphatic carbocycles. The summed E-state index contributed by atoms with van der Waals surface area (Å²) < 4.78 is 6.24. The molecule has 25 heavy (non-hydrogen) atoms. The van der Waals surface area contributed by atoms with Crippen molar-refractivity contribution in [3.63, 3.8) is 0 Å². The molecule has 3 aromatic heterocycles. The summed E-state index contributed by atoms with van der Waals surface area (Å²) in [5.74, 6) is -0.583. The minimum Gasteiger partial charge on any atom is -0.475 e. The third kappa shape index (κ3) is 2.62. The summed E-state index contributed by atoms with van der Waals surface area (Å²) in [6.07, 6.45) is 2.79. The Kier molecular flexibility index (Phi) is 3.64. The molecule has 0 amide bonds. The van der Waals surface area contributed by atoms with Gasteiger partial charge in [-0.3, -0.25) is 14.3 Å². The fourth-order valence-electron chi connectivity index (χ4n) is 3.33. The van der Waals surface area contributed by atoms with Crippen LogP contribution in [-0.4, -0.2) is 20.6 Å². The molecule has 8 heteroatoms. The molecular formula is C17H16N2O5S. The number of aromatic carboxylic acids is 1. The van der Waals surface area contributed by atoms with E-state index in [1.54, 1.807) is 0 Å². The highest BCUT2D eigenvalue weighted by atomic mass is 32.1. The summed E-state index contributed by atoms with van der Waals surface area (Å²) in [4.78, 5) is 40.7. The molecule has 1 unspecified atom stereocenters. The van der Waals surface area contributed by atoms with Gasteiger partial charge in [-0.05, 0) is 42.9 Å². The average Bonchev–Trinajstić information content (AvgIpc) is 3.15. The van der Waals surface area contributed by atoms with Gasteiger partial charge in [0.2, 0.25) is 5.76 Å². The number of aromatic amines is 1. The number of nitrogens with zero attached hydrogens (tertiary/aromatic N) is 1. The van der Waals surface area contributed by atoms with Crippen LogP contribution in [-0.2, 0) is 19.4 Å². The first-order chi connectivity index (χ1) is 11.9. The van der Waals surface area contributed by atoms with Gasteiger partial charge in [0.25, 0.3) is 5.56 Å². The lowest BCUT2D eigenvalue weighted by Crippen LogP contribution is -2.35. The van der Waals surface area contributed by atoms with Crippen molar-refractivity contribution in [2.24, 2.45) is 5.92 Å². The van der Waals surface area contributed by atoms with Crippen molar-refractivity contribution in [1.82, 2.24) is 9.55 Å². The van der Waals surface area contributed by atoms with Crippen molar-refractivity contribution in [1.29, 1.82) is 0 Å². The molecule has 0 aromatic carbocycles. The summed E-state index contributed by atoms with van der Waals surface area (Å²) in [6.45, 7) is 2.09. The van der Waals surface area contributed by atoms with Crippen LogP contribution in [0.1, 0.15) is 40.1 Å². The summed E-state index contributed by atoms with van der Waals surface area (Å²) in [6, 6.07) is 2.77. The predicted molar refractivity (Wildman–Crippen MR) is 92.7 cm³/mol.